The summed E-state index contributed by atoms with van der Waals surface area (Å²) in [7, 11) is 0. The number of hydrogen-bond acceptors (Lipinski definition) is 6. The van der Waals surface area contributed by atoms with Gasteiger partial charge in [0.05, 0.1) is 11.7 Å². The number of carbonyl (C=O) groups is 2. The molecule has 2 aromatic rings. The van der Waals surface area contributed by atoms with E-state index in [1.54, 1.807) is 0 Å². The molecule has 7 nitrogen and oxygen atoms in total. The molecular weight excluding hydrogens is 466 g/mol. The largest absolute Gasteiger partial charge is 0.354 e. The van der Waals surface area contributed by atoms with Crippen LogP contribution >= 0.6 is 27.7 Å². The molecule has 1 aliphatic heterocycles. The van der Waals surface area contributed by atoms with Crippen LogP contribution in [0, 0.1) is 5.92 Å². The normalized spacial score (nSPS) is 18.7. The van der Waals surface area contributed by atoms with Crippen LogP contribution in [0.4, 0.5) is 11.5 Å². The van der Waals surface area contributed by atoms with Crippen molar-refractivity contribution in [3.63, 3.8) is 0 Å². The molecule has 9 heteroatoms. The Morgan fingerprint density at radius 2 is 2.03 bits per heavy atom. The van der Waals surface area contributed by atoms with Gasteiger partial charge >= 0.3 is 0 Å². The Bertz CT molecular complexity index is 907. The molecule has 30 heavy (non-hydrogen) atoms. The van der Waals surface area contributed by atoms with E-state index in [0.29, 0.717) is 17.6 Å². The first-order valence-corrected chi connectivity index (χ1v) is 11.9. The minimum absolute atomic E-state index is 0.0110. The summed E-state index contributed by atoms with van der Waals surface area (Å²) in [4.78, 5) is 26.6. The average molecular weight is 490 g/mol. The van der Waals surface area contributed by atoms with Crippen molar-refractivity contribution < 1.29 is 9.59 Å². The average Bonchev–Trinajstić information content (AvgIpc) is 3.57. The van der Waals surface area contributed by atoms with Crippen LogP contribution in [0.2, 0.25) is 0 Å². The van der Waals surface area contributed by atoms with E-state index in [-0.39, 0.29) is 23.5 Å². The van der Waals surface area contributed by atoms with Crippen LogP contribution < -0.4 is 15.5 Å². The van der Waals surface area contributed by atoms with Crippen molar-refractivity contribution in [2.24, 2.45) is 5.92 Å². The first-order valence-electron chi connectivity index (χ1n) is 10.1. The third-order valence-electron chi connectivity index (χ3n) is 5.13. The number of aromatic nitrogens is 2. The number of carbonyl (C=O) groups excluding carboxylic acids is 2. The molecule has 2 heterocycles. The van der Waals surface area contributed by atoms with E-state index in [4.69, 9.17) is 0 Å². The lowest BCUT2D eigenvalue weighted by Crippen LogP contribution is -2.44. The van der Waals surface area contributed by atoms with Crippen LogP contribution in [0.5, 0.6) is 0 Å². The number of amides is 2. The molecule has 158 valence electrons. The first kappa shape index (κ1) is 21.1. The van der Waals surface area contributed by atoms with Crippen molar-refractivity contribution in [2.75, 3.05) is 29.1 Å². The van der Waals surface area contributed by atoms with Gasteiger partial charge in [-0.05, 0) is 56.0 Å². The maximum atomic E-state index is 12.4. The number of nitrogens with one attached hydrogen (secondary N) is 2. The minimum Gasteiger partial charge on any atom is -0.354 e. The van der Waals surface area contributed by atoms with Gasteiger partial charge in [-0.3, -0.25) is 9.59 Å². The summed E-state index contributed by atoms with van der Waals surface area (Å²) in [6.07, 6.45) is 4.10. The Morgan fingerprint density at radius 3 is 2.77 bits per heavy atom. The molecule has 1 aliphatic carbocycles. The zero-order valence-electron chi connectivity index (χ0n) is 16.5. The van der Waals surface area contributed by atoms with E-state index >= 15 is 0 Å². The van der Waals surface area contributed by atoms with Crippen molar-refractivity contribution in [1.82, 2.24) is 15.5 Å². The molecule has 0 radical (unpaired) electrons. The van der Waals surface area contributed by atoms with Crippen molar-refractivity contribution in [1.29, 1.82) is 0 Å². The molecule has 2 amide bonds. The van der Waals surface area contributed by atoms with Gasteiger partial charge in [0.15, 0.2) is 5.82 Å². The Kier molecular flexibility index (Phi) is 6.89. The lowest BCUT2D eigenvalue weighted by Gasteiger charge is -2.32. The maximum Gasteiger partial charge on any atom is 0.234 e. The predicted molar refractivity (Wildman–Crippen MR) is 122 cm³/mol. The number of anilines is 2. The number of nitrogens with zero attached hydrogens (tertiary/aromatic N) is 3. The number of benzene rings is 1. The van der Waals surface area contributed by atoms with E-state index in [2.05, 4.69) is 41.7 Å². The molecule has 1 saturated heterocycles. The zero-order chi connectivity index (χ0) is 20.9. The quantitative estimate of drug-likeness (QED) is 0.579. The van der Waals surface area contributed by atoms with Gasteiger partial charge in [-0.25, -0.2) is 0 Å². The highest BCUT2D eigenvalue weighted by Gasteiger charge is 2.30. The van der Waals surface area contributed by atoms with Crippen LogP contribution in [0.25, 0.3) is 0 Å². The summed E-state index contributed by atoms with van der Waals surface area (Å²) in [5.41, 5.74) is 0.752. The number of hydrogen-bond donors (Lipinski definition) is 2. The van der Waals surface area contributed by atoms with Crippen molar-refractivity contribution in [3.8, 4) is 0 Å². The van der Waals surface area contributed by atoms with Gasteiger partial charge < -0.3 is 15.5 Å². The van der Waals surface area contributed by atoms with E-state index in [9.17, 15) is 9.59 Å². The Labute approximate surface area is 188 Å². The third kappa shape index (κ3) is 5.95. The molecule has 2 aliphatic rings. The molecule has 0 bridgehead atoms. The first-order chi connectivity index (χ1) is 14.6. The summed E-state index contributed by atoms with van der Waals surface area (Å²) < 4.78 is 0.916. The monoisotopic (exact) mass is 489 g/mol. The fraction of sp³-hybridized carbons (Fsp3) is 0.429. The van der Waals surface area contributed by atoms with Crippen LogP contribution in [-0.2, 0) is 9.59 Å². The zero-order valence-corrected chi connectivity index (χ0v) is 18.9. The standard InChI is InChI=1S/C21H24BrN5O2S/c22-15-4-1-5-17(11-15)23-19(28)13-30-20-9-8-18(25-26-20)27-10-2-3-14(12-27)21(29)24-16-6-7-16/h1,4-5,8-9,11,14,16H,2-3,6-7,10,12-13H2,(H,23,28)(H,24,29)/t14-/m0/s1. The molecule has 0 unspecified atom stereocenters. The van der Waals surface area contributed by atoms with Crippen LogP contribution in [0.15, 0.2) is 45.9 Å². The summed E-state index contributed by atoms with van der Waals surface area (Å²) in [6.45, 7) is 1.55. The van der Waals surface area contributed by atoms with Gasteiger partial charge in [0, 0.05) is 29.3 Å². The molecule has 2 fully saturated rings. The molecule has 1 atom stereocenters. The Balaban J connectivity index is 1.27. The second kappa shape index (κ2) is 9.78. The third-order valence-corrected chi connectivity index (χ3v) is 6.54. The van der Waals surface area contributed by atoms with Crippen molar-refractivity contribution >= 4 is 51.0 Å². The number of halogens is 1. The molecular formula is C21H24BrN5O2S. The van der Waals surface area contributed by atoms with Crippen LogP contribution in [0.1, 0.15) is 25.7 Å². The highest BCUT2D eigenvalue weighted by molar-refractivity contribution is 9.10. The van der Waals surface area contributed by atoms with Gasteiger partial charge in [-0.15, -0.1) is 10.2 Å². The summed E-state index contributed by atoms with van der Waals surface area (Å²) >= 11 is 4.74. The van der Waals surface area contributed by atoms with E-state index < -0.39 is 0 Å². The summed E-state index contributed by atoms with van der Waals surface area (Å²) in [6, 6.07) is 11.7. The predicted octanol–water partition coefficient (Wildman–Crippen LogP) is 3.46. The smallest absolute Gasteiger partial charge is 0.234 e. The molecule has 2 N–H and O–H groups in total. The number of thioether (sulfide) groups is 1. The topological polar surface area (TPSA) is 87.2 Å². The number of piperidine rings is 1. The molecule has 1 aromatic heterocycles. The van der Waals surface area contributed by atoms with Crippen LogP contribution in [0.3, 0.4) is 0 Å². The molecule has 4 rings (SSSR count). The highest BCUT2D eigenvalue weighted by atomic mass is 79.9. The Hall–Kier alpha value is -2.13. The minimum atomic E-state index is -0.0930. The fourth-order valence-electron chi connectivity index (χ4n) is 3.41. The van der Waals surface area contributed by atoms with E-state index in [1.807, 2.05) is 36.4 Å². The lowest BCUT2D eigenvalue weighted by molar-refractivity contribution is -0.125. The second-order valence-corrected chi connectivity index (χ2v) is 9.56. The second-order valence-electron chi connectivity index (χ2n) is 7.64. The molecule has 0 spiro atoms. The van der Waals surface area contributed by atoms with Gasteiger partial charge in [-0.2, -0.15) is 0 Å². The lowest BCUT2D eigenvalue weighted by atomic mass is 9.97. The number of rotatable bonds is 7. The molecule has 1 saturated carbocycles. The van der Waals surface area contributed by atoms with Gasteiger partial charge in [0.2, 0.25) is 11.8 Å². The SMILES string of the molecule is O=C(CSc1ccc(N2CCC[C@H](C(=O)NC3CC3)C2)nn1)Nc1cccc(Br)c1. The van der Waals surface area contributed by atoms with Crippen LogP contribution in [-0.4, -0.2) is 46.9 Å². The fourth-order valence-corrected chi connectivity index (χ4v) is 4.42. The highest BCUT2D eigenvalue weighted by Crippen LogP contribution is 2.25. The summed E-state index contributed by atoms with van der Waals surface area (Å²) in [5.74, 6) is 1.12. The molecule has 1 aromatic carbocycles. The van der Waals surface area contributed by atoms with Crippen molar-refractivity contribution in [2.45, 2.75) is 36.8 Å². The Morgan fingerprint density at radius 1 is 1.17 bits per heavy atom. The van der Waals surface area contributed by atoms with Crippen molar-refractivity contribution in [3.05, 3.63) is 40.9 Å². The van der Waals surface area contributed by atoms with E-state index in [0.717, 1.165) is 48.2 Å². The van der Waals surface area contributed by atoms with Gasteiger partial charge in [-0.1, -0.05) is 33.8 Å². The van der Waals surface area contributed by atoms with E-state index in [1.165, 1.54) is 11.8 Å². The van der Waals surface area contributed by atoms with Gasteiger partial charge in [0.25, 0.3) is 0 Å². The van der Waals surface area contributed by atoms with Gasteiger partial charge in [0.1, 0.15) is 5.03 Å². The summed E-state index contributed by atoms with van der Waals surface area (Å²) in [5, 5.41) is 15.3. The maximum absolute atomic E-state index is 12.4.